The highest BCUT2D eigenvalue weighted by Crippen LogP contribution is 2.46. The third kappa shape index (κ3) is 3.49. The number of carbonyl (C=O) groups excluding carboxylic acids is 1. The Morgan fingerprint density at radius 3 is 1.57 bits per heavy atom. The molecule has 3 rings (SSSR count). The lowest BCUT2D eigenvalue weighted by Gasteiger charge is -2.33. The molecular formula is C20H26O. The maximum atomic E-state index is 11.7. The normalized spacial score (nSPS) is 24.3. The van der Waals surface area contributed by atoms with Gasteiger partial charge in [-0.1, -0.05) is 0 Å². The minimum Gasteiger partial charge on any atom is -0.300 e. The maximum absolute atomic E-state index is 11.7. The quantitative estimate of drug-likeness (QED) is 0.554. The van der Waals surface area contributed by atoms with Crippen LogP contribution in [0.5, 0.6) is 0 Å². The second-order valence-electron chi connectivity index (χ2n) is 6.57. The summed E-state index contributed by atoms with van der Waals surface area (Å²) in [6.07, 6.45) is 14.3. The molecule has 0 aromatic rings. The van der Waals surface area contributed by atoms with Gasteiger partial charge in [0.1, 0.15) is 5.78 Å². The molecule has 0 saturated carbocycles. The summed E-state index contributed by atoms with van der Waals surface area (Å²) in [7, 11) is 0. The summed E-state index contributed by atoms with van der Waals surface area (Å²) in [6, 6.07) is 0. The number of allylic oxidation sites excluding steroid dienone is 4. The van der Waals surface area contributed by atoms with Gasteiger partial charge in [0.05, 0.1) is 0 Å². The van der Waals surface area contributed by atoms with Crippen molar-refractivity contribution in [3.8, 4) is 11.8 Å². The van der Waals surface area contributed by atoms with Crippen LogP contribution in [-0.4, -0.2) is 5.78 Å². The van der Waals surface area contributed by atoms with E-state index in [9.17, 15) is 4.79 Å². The van der Waals surface area contributed by atoms with Crippen LogP contribution < -0.4 is 0 Å². The molecule has 0 bridgehead atoms. The van der Waals surface area contributed by atoms with Crippen molar-refractivity contribution in [1.29, 1.82) is 0 Å². The van der Waals surface area contributed by atoms with E-state index in [1.165, 1.54) is 38.5 Å². The fourth-order valence-corrected chi connectivity index (χ4v) is 3.97. The summed E-state index contributed by atoms with van der Waals surface area (Å²) in [5.74, 6) is 7.09. The van der Waals surface area contributed by atoms with E-state index in [1.807, 2.05) is 0 Å². The number of hydrogen-bond donors (Lipinski definition) is 0. The van der Waals surface area contributed by atoms with Crippen molar-refractivity contribution < 1.29 is 4.79 Å². The molecule has 0 aliphatic heterocycles. The molecule has 0 fully saturated rings. The molecule has 1 heteroatoms. The second-order valence-corrected chi connectivity index (χ2v) is 6.57. The minimum absolute atomic E-state index is 0.480. The first-order valence-corrected chi connectivity index (χ1v) is 8.78. The average molecular weight is 282 g/mol. The van der Waals surface area contributed by atoms with E-state index in [4.69, 9.17) is 0 Å². The second kappa shape index (κ2) is 7.12. The molecule has 0 spiro atoms. The molecule has 0 aromatic heterocycles. The zero-order valence-corrected chi connectivity index (χ0v) is 13.1. The van der Waals surface area contributed by atoms with Gasteiger partial charge >= 0.3 is 0 Å². The van der Waals surface area contributed by atoms with E-state index in [-0.39, 0.29) is 0 Å². The lowest BCUT2D eigenvalue weighted by molar-refractivity contribution is -0.119. The van der Waals surface area contributed by atoms with Crippen LogP contribution in [0.3, 0.4) is 0 Å². The highest BCUT2D eigenvalue weighted by atomic mass is 16.1. The number of fused-ring (bicyclic) bond motifs is 2. The standard InChI is InChI=1S/C20H26O/c21-16-10-7-8-14-19-17-12-5-3-1-2-4-6-13-18(17)20(19)15-9-11-16/h3-15H2. The average Bonchev–Trinajstić information content (AvgIpc) is 2.49. The Morgan fingerprint density at radius 1 is 0.524 bits per heavy atom. The third-order valence-corrected chi connectivity index (χ3v) is 5.05. The Morgan fingerprint density at radius 2 is 0.952 bits per heavy atom. The van der Waals surface area contributed by atoms with Gasteiger partial charge in [-0.05, 0) is 80.1 Å². The summed E-state index contributed by atoms with van der Waals surface area (Å²) in [5, 5.41) is 0. The van der Waals surface area contributed by atoms with Gasteiger partial charge in [0.2, 0.25) is 0 Å². The van der Waals surface area contributed by atoms with E-state index < -0.39 is 0 Å². The molecule has 0 atom stereocenters. The number of carbonyl (C=O) groups is 1. The predicted octanol–water partition coefficient (Wildman–Crippen LogP) is 5.26. The van der Waals surface area contributed by atoms with E-state index in [2.05, 4.69) is 11.8 Å². The first-order valence-electron chi connectivity index (χ1n) is 8.78. The zero-order valence-electron chi connectivity index (χ0n) is 13.1. The Bertz CT molecular complexity index is 536. The molecule has 0 N–H and O–H groups in total. The van der Waals surface area contributed by atoms with Gasteiger partial charge in [-0.3, -0.25) is 4.79 Å². The van der Waals surface area contributed by atoms with E-state index >= 15 is 0 Å². The zero-order chi connectivity index (χ0) is 14.5. The van der Waals surface area contributed by atoms with Crippen molar-refractivity contribution in [3.05, 3.63) is 22.3 Å². The Balaban J connectivity index is 1.72. The van der Waals surface area contributed by atoms with Crippen LogP contribution in [0.15, 0.2) is 22.3 Å². The third-order valence-electron chi connectivity index (χ3n) is 5.05. The van der Waals surface area contributed by atoms with Crippen LogP contribution in [-0.2, 0) is 4.79 Å². The molecule has 1 nitrogen and oxygen atoms in total. The van der Waals surface area contributed by atoms with Gasteiger partial charge < -0.3 is 0 Å². The molecule has 0 radical (unpaired) electrons. The smallest absolute Gasteiger partial charge is 0.132 e. The Kier molecular flexibility index (Phi) is 4.96. The van der Waals surface area contributed by atoms with Crippen LogP contribution in [0.1, 0.15) is 83.5 Å². The number of rotatable bonds is 0. The molecule has 0 heterocycles. The fourth-order valence-electron chi connectivity index (χ4n) is 3.97. The van der Waals surface area contributed by atoms with Crippen LogP contribution in [0.2, 0.25) is 0 Å². The van der Waals surface area contributed by atoms with Crippen molar-refractivity contribution in [2.45, 2.75) is 83.5 Å². The minimum atomic E-state index is 0.480. The lowest BCUT2D eigenvalue weighted by atomic mass is 9.72. The SMILES string of the molecule is O=C1CCCCC2=C(CCC1)C1=C2CCCC#CCCC1. The predicted molar refractivity (Wildman–Crippen MR) is 86.9 cm³/mol. The van der Waals surface area contributed by atoms with Crippen molar-refractivity contribution in [2.24, 2.45) is 0 Å². The molecule has 112 valence electrons. The molecule has 0 amide bonds. The van der Waals surface area contributed by atoms with Crippen LogP contribution in [0.4, 0.5) is 0 Å². The van der Waals surface area contributed by atoms with E-state index in [1.54, 1.807) is 22.3 Å². The summed E-state index contributed by atoms with van der Waals surface area (Å²) < 4.78 is 0. The molecule has 0 unspecified atom stereocenters. The molecule has 21 heavy (non-hydrogen) atoms. The topological polar surface area (TPSA) is 17.1 Å². The van der Waals surface area contributed by atoms with Gasteiger partial charge in [-0.25, -0.2) is 0 Å². The first kappa shape index (κ1) is 14.6. The number of Topliss-reactive ketones (excluding diaryl/α,β-unsaturated/α-hetero) is 1. The largest absolute Gasteiger partial charge is 0.300 e. The van der Waals surface area contributed by atoms with Crippen molar-refractivity contribution in [2.75, 3.05) is 0 Å². The van der Waals surface area contributed by atoms with Crippen molar-refractivity contribution in [1.82, 2.24) is 0 Å². The Hall–Kier alpha value is -1.29. The van der Waals surface area contributed by atoms with E-state index in [0.717, 1.165) is 44.9 Å². The molecule has 3 aliphatic rings. The van der Waals surface area contributed by atoms with E-state index in [0.29, 0.717) is 5.78 Å². The lowest BCUT2D eigenvalue weighted by Crippen LogP contribution is -2.15. The summed E-state index contributed by atoms with van der Waals surface area (Å²) in [5.41, 5.74) is 6.70. The van der Waals surface area contributed by atoms with Crippen LogP contribution in [0, 0.1) is 11.8 Å². The Labute approximate surface area is 128 Å². The van der Waals surface area contributed by atoms with Crippen LogP contribution in [0.25, 0.3) is 0 Å². The van der Waals surface area contributed by atoms with Crippen LogP contribution >= 0.6 is 0 Å². The highest BCUT2D eigenvalue weighted by Gasteiger charge is 2.27. The number of ketones is 1. The summed E-state index contributed by atoms with van der Waals surface area (Å²) in [4.78, 5) is 11.7. The summed E-state index contributed by atoms with van der Waals surface area (Å²) >= 11 is 0. The fraction of sp³-hybridized carbons (Fsp3) is 0.650. The molecule has 0 aromatic carbocycles. The monoisotopic (exact) mass is 282 g/mol. The van der Waals surface area contributed by atoms with Gasteiger partial charge in [0.25, 0.3) is 0 Å². The molecule has 3 aliphatic carbocycles. The van der Waals surface area contributed by atoms with Gasteiger partial charge in [-0.2, -0.15) is 0 Å². The number of hydrogen-bond acceptors (Lipinski definition) is 1. The summed E-state index contributed by atoms with van der Waals surface area (Å²) in [6.45, 7) is 0. The molecule has 0 saturated heterocycles. The van der Waals surface area contributed by atoms with Crippen molar-refractivity contribution >= 4 is 5.78 Å². The van der Waals surface area contributed by atoms with Gasteiger partial charge in [0.15, 0.2) is 0 Å². The highest BCUT2D eigenvalue weighted by molar-refractivity contribution is 5.78. The molecular weight excluding hydrogens is 256 g/mol. The van der Waals surface area contributed by atoms with Crippen molar-refractivity contribution in [3.63, 3.8) is 0 Å². The van der Waals surface area contributed by atoms with Gasteiger partial charge in [0, 0.05) is 25.7 Å². The first-order chi connectivity index (χ1) is 10.4. The van der Waals surface area contributed by atoms with Gasteiger partial charge in [-0.15, -0.1) is 11.8 Å². The maximum Gasteiger partial charge on any atom is 0.132 e.